The van der Waals surface area contributed by atoms with E-state index in [1.54, 1.807) is 29.4 Å². The van der Waals surface area contributed by atoms with Gasteiger partial charge >= 0.3 is 5.97 Å². The number of esters is 1. The van der Waals surface area contributed by atoms with E-state index in [-0.39, 0.29) is 24.7 Å². The Balaban J connectivity index is 2.55. The first-order chi connectivity index (χ1) is 9.33. The first-order valence-corrected chi connectivity index (χ1v) is 6.75. The van der Waals surface area contributed by atoms with Crippen molar-refractivity contribution in [1.82, 2.24) is 4.98 Å². The maximum atomic E-state index is 12.1. The zero-order chi connectivity index (χ0) is 15.2. The van der Waals surface area contributed by atoms with Crippen molar-refractivity contribution in [2.24, 2.45) is 0 Å². The van der Waals surface area contributed by atoms with E-state index in [0.717, 1.165) is 5.69 Å². The number of pyridine rings is 1. The van der Waals surface area contributed by atoms with Crippen LogP contribution in [0.5, 0.6) is 0 Å². The van der Waals surface area contributed by atoms with Crippen LogP contribution in [0.25, 0.3) is 0 Å². The summed E-state index contributed by atoms with van der Waals surface area (Å²) in [7, 11) is 0. The van der Waals surface area contributed by atoms with Crippen molar-refractivity contribution in [3.8, 4) is 0 Å². The van der Waals surface area contributed by atoms with Crippen LogP contribution in [0.1, 0.15) is 40.5 Å². The molecule has 110 valence electrons. The number of aromatic nitrogens is 1. The fourth-order valence-corrected chi connectivity index (χ4v) is 1.76. The molecular weight excluding hydrogens is 256 g/mol. The molecule has 0 saturated carbocycles. The lowest BCUT2D eigenvalue weighted by atomic mass is 10.2. The molecule has 20 heavy (non-hydrogen) atoms. The lowest BCUT2D eigenvalue weighted by molar-refractivity contribution is -0.155. The second-order valence-electron chi connectivity index (χ2n) is 5.43. The molecule has 0 aromatic carbocycles. The van der Waals surface area contributed by atoms with Crippen LogP contribution < -0.4 is 4.90 Å². The predicted molar refractivity (Wildman–Crippen MR) is 77.3 cm³/mol. The first-order valence-electron chi connectivity index (χ1n) is 6.75. The van der Waals surface area contributed by atoms with Gasteiger partial charge in [0.1, 0.15) is 5.60 Å². The summed E-state index contributed by atoms with van der Waals surface area (Å²) in [4.78, 5) is 29.3. The van der Waals surface area contributed by atoms with Crippen molar-refractivity contribution in [2.75, 3.05) is 11.4 Å². The van der Waals surface area contributed by atoms with Crippen molar-refractivity contribution in [2.45, 2.75) is 46.1 Å². The molecule has 0 fully saturated rings. The molecule has 0 unspecified atom stereocenters. The molecule has 1 rings (SSSR count). The Bertz CT molecular complexity index is 452. The molecule has 0 N–H and O–H groups in total. The molecule has 5 heteroatoms. The van der Waals surface area contributed by atoms with E-state index in [9.17, 15) is 9.59 Å². The van der Waals surface area contributed by atoms with Gasteiger partial charge in [0, 0.05) is 31.0 Å². The van der Waals surface area contributed by atoms with Crippen LogP contribution in [0.4, 0.5) is 5.69 Å². The van der Waals surface area contributed by atoms with Gasteiger partial charge in [-0.2, -0.15) is 0 Å². The number of amides is 1. The quantitative estimate of drug-likeness (QED) is 0.777. The van der Waals surface area contributed by atoms with Gasteiger partial charge < -0.3 is 9.64 Å². The zero-order valence-corrected chi connectivity index (χ0v) is 12.5. The SMILES string of the molecule is CCN(C(=O)CCC(=O)OC(C)(C)C)c1ccncc1. The number of hydrogen-bond acceptors (Lipinski definition) is 4. The second-order valence-corrected chi connectivity index (χ2v) is 5.43. The normalized spacial score (nSPS) is 11.0. The molecular formula is C15H22N2O3. The maximum absolute atomic E-state index is 12.1. The smallest absolute Gasteiger partial charge is 0.306 e. The highest BCUT2D eigenvalue weighted by molar-refractivity contribution is 5.94. The van der Waals surface area contributed by atoms with Crippen molar-refractivity contribution >= 4 is 17.6 Å². The van der Waals surface area contributed by atoms with Crippen molar-refractivity contribution < 1.29 is 14.3 Å². The number of ether oxygens (including phenoxy) is 1. The van der Waals surface area contributed by atoms with Crippen LogP contribution in [0.15, 0.2) is 24.5 Å². The van der Waals surface area contributed by atoms with Crippen LogP contribution in [0.3, 0.4) is 0 Å². The third-order valence-corrected chi connectivity index (χ3v) is 2.55. The molecule has 5 nitrogen and oxygen atoms in total. The van der Waals surface area contributed by atoms with E-state index in [4.69, 9.17) is 4.74 Å². The Morgan fingerprint density at radius 2 is 1.80 bits per heavy atom. The summed E-state index contributed by atoms with van der Waals surface area (Å²) in [5.41, 5.74) is 0.270. The van der Waals surface area contributed by atoms with E-state index in [0.29, 0.717) is 6.54 Å². The molecule has 0 bridgehead atoms. The number of nitrogens with zero attached hydrogens (tertiary/aromatic N) is 2. The fourth-order valence-electron chi connectivity index (χ4n) is 1.76. The molecule has 0 aliphatic carbocycles. The van der Waals surface area contributed by atoms with E-state index in [1.807, 2.05) is 27.7 Å². The highest BCUT2D eigenvalue weighted by Crippen LogP contribution is 2.15. The van der Waals surface area contributed by atoms with Crippen molar-refractivity contribution in [1.29, 1.82) is 0 Å². The van der Waals surface area contributed by atoms with Gasteiger partial charge in [-0.1, -0.05) is 0 Å². The minimum atomic E-state index is -0.518. The number of carbonyl (C=O) groups excluding carboxylic acids is 2. The van der Waals surface area contributed by atoms with Gasteiger partial charge in [0.05, 0.1) is 6.42 Å². The summed E-state index contributed by atoms with van der Waals surface area (Å²) >= 11 is 0. The molecule has 1 aromatic rings. The summed E-state index contributed by atoms with van der Waals surface area (Å²) in [5.74, 6) is -0.443. The summed E-state index contributed by atoms with van der Waals surface area (Å²) in [6.45, 7) is 7.87. The third-order valence-electron chi connectivity index (χ3n) is 2.55. The maximum Gasteiger partial charge on any atom is 0.306 e. The Morgan fingerprint density at radius 1 is 1.20 bits per heavy atom. The Hall–Kier alpha value is -1.91. The van der Waals surface area contributed by atoms with E-state index >= 15 is 0 Å². The van der Waals surface area contributed by atoms with Gasteiger partial charge in [0.25, 0.3) is 0 Å². The lowest BCUT2D eigenvalue weighted by Crippen LogP contribution is -2.31. The average molecular weight is 278 g/mol. The van der Waals surface area contributed by atoms with Crippen LogP contribution in [0, 0.1) is 0 Å². The van der Waals surface area contributed by atoms with Crippen LogP contribution >= 0.6 is 0 Å². The topological polar surface area (TPSA) is 59.5 Å². The highest BCUT2D eigenvalue weighted by atomic mass is 16.6. The first kappa shape index (κ1) is 16.1. The van der Waals surface area contributed by atoms with Crippen molar-refractivity contribution in [3.63, 3.8) is 0 Å². The Kier molecular flexibility index (Phi) is 5.67. The summed E-state index contributed by atoms with van der Waals surface area (Å²) in [5, 5.41) is 0. The lowest BCUT2D eigenvalue weighted by Gasteiger charge is -2.22. The standard InChI is InChI=1S/C15H22N2O3/c1-5-17(12-8-10-16-11-9-12)13(18)6-7-14(19)20-15(2,3)4/h8-11H,5-7H2,1-4H3. The highest BCUT2D eigenvalue weighted by Gasteiger charge is 2.19. The van der Waals surface area contributed by atoms with E-state index in [1.165, 1.54) is 0 Å². The van der Waals surface area contributed by atoms with Crippen molar-refractivity contribution in [3.05, 3.63) is 24.5 Å². The van der Waals surface area contributed by atoms with Gasteiger partial charge in [0.15, 0.2) is 0 Å². The monoisotopic (exact) mass is 278 g/mol. The molecule has 0 aliphatic heterocycles. The molecule has 0 aliphatic rings. The van der Waals surface area contributed by atoms with Crippen LogP contribution in [-0.4, -0.2) is 29.0 Å². The Morgan fingerprint density at radius 3 is 2.30 bits per heavy atom. The molecule has 0 radical (unpaired) electrons. The molecule has 0 saturated heterocycles. The minimum Gasteiger partial charge on any atom is -0.460 e. The summed E-state index contributed by atoms with van der Waals surface area (Å²) in [6.07, 6.45) is 3.51. The predicted octanol–water partition coefficient (Wildman–Crippen LogP) is 2.56. The number of anilines is 1. The molecule has 0 atom stereocenters. The number of rotatable bonds is 5. The average Bonchev–Trinajstić information content (AvgIpc) is 2.36. The van der Waals surface area contributed by atoms with Gasteiger partial charge in [-0.05, 0) is 39.8 Å². The summed E-state index contributed by atoms with van der Waals surface area (Å²) in [6, 6.07) is 3.55. The minimum absolute atomic E-state index is 0.0930. The van der Waals surface area contributed by atoms with Gasteiger partial charge in [-0.3, -0.25) is 14.6 Å². The van der Waals surface area contributed by atoms with Gasteiger partial charge in [-0.25, -0.2) is 0 Å². The van der Waals surface area contributed by atoms with Crippen LogP contribution in [0.2, 0.25) is 0 Å². The number of hydrogen-bond donors (Lipinski definition) is 0. The second kappa shape index (κ2) is 7.03. The molecule has 1 heterocycles. The third kappa shape index (κ3) is 5.38. The van der Waals surface area contributed by atoms with Gasteiger partial charge in [0.2, 0.25) is 5.91 Å². The summed E-state index contributed by atoms with van der Waals surface area (Å²) < 4.78 is 5.19. The molecule has 0 spiro atoms. The van der Waals surface area contributed by atoms with Crippen LogP contribution in [-0.2, 0) is 14.3 Å². The molecule has 1 amide bonds. The van der Waals surface area contributed by atoms with E-state index < -0.39 is 5.60 Å². The number of carbonyl (C=O) groups is 2. The Labute approximate surface area is 119 Å². The van der Waals surface area contributed by atoms with E-state index in [2.05, 4.69) is 4.98 Å². The largest absolute Gasteiger partial charge is 0.460 e. The molecule has 1 aromatic heterocycles. The zero-order valence-electron chi connectivity index (χ0n) is 12.5. The fraction of sp³-hybridized carbons (Fsp3) is 0.533. The van der Waals surface area contributed by atoms with Gasteiger partial charge in [-0.15, -0.1) is 0 Å².